The summed E-state index contributed by atoms with van der Waals surface area (Å²) >= 11 is 0. The van der Waals surface area contributed by atoms with Crippen LogP contribution < -0.4 is 5.73 Å². The molecule has 0 aromatic carbocycles. The van der Waals surface area contributed by atoms with Crippen LogP contribution in [0.3, 0.4) is 0 Å². The van der Waals surface area contributed by atoms with Crippen molar-refractivity contribution < 1.29 is 0 Å². The van der Waals surface area contributed by atoms with Crippen molar-refractivity contribution in [1.82, 2.24) is 0 Å². The van der Waals surface area contributed by atoms with Crippen LogP contribution in [0, 0.1) is 12.3 Å². The molecule has 0 radical (unpaired) electrons. The van der Waals surface area contributed by atoms with Crippen LogP contribution in [0.15, 0.2) is 0 Å². The monoisotopic (exact) mass is 79.0 g/mol. The summed E-state index contributed by atoms with van der Waals surface area (Å²) < 4.78 is 0. The Hall–Kier alpha value is 0.520. The Morgan fingerprint density at radius 3 is 2.00 bits per heavy atom. The van der Waals surface area contributed by atoms with Crippen molar-refractivity contribution in [1.29, 1.82) is 0 Å². The van der Waals surface area contributed by atoms with Gasteiger partial charge >= 0.3 is 29.6 Å². The summed E-state index contributed by atoms with van der Waals surface area (Å²) in [5.41, 5.74) is 4.79. The van der Waals surface area contributed by atoms with Gasteiger partial charge in [0, 0.05) is 0 Å². The number of hydrogen-bond donors (Lipinski definition) is 1. The van der Waals surface area contributed by atoms with Crippen molar-refractivity contribution in [3.05, 3.63) is 0 Å². The molecule has 0 aliphatic rings. The minimum atomic E-state index is 0. The molecule has 0 amide bonds. The van der Waals surface area contributed by atoms with E-state index in [1.165, 1.54) is 0 Å². The summed E-state index contributed by atoms with van der Waals surface area (Å²) in [6.45, 7) is 0.347. The Kier molecular flexibility index (Phi) is 16.1. The first-order valence-electron chi connectivity index (χ1n) is 1.05. The quantitative estimate of drug-likeness (QED) is 0.290. The maximum absolute atomic E-state index is 4.79. The van der Waals surface area contributed by atoms with Crippen molar-refractivity contribution in [3.8, 4) is 12.3 Å². The third-order valence-corrected chi connectivity index (χ3v) is 0.118. The van der Waals surface area contributed by atoms with E-state index in [2.05, 4.69) is 12.3 Å². The Bertz CT molecular complexity index is 36.6. The maximum atomic E-state index is 4.79. The second kappa shape index (κ2) is 8.82. The summed E-state index contributed by atoms with van der Waals surface area (Å²) in [6.07, 6.45) is 4.65. The van der Waals surface area contributed by atoms with Crippen molar-refractivity contribution in [3.63, 3.8) is 0 Å². The third-order valence-electron chi connectivity index (χ3n) is 0.118. The molecule has 2 N–H and O–H groups in total. The van der Waals surface area contributed by atoms with Gasteiger partial charge in [0.15, 0.2) is 0 Å². The fraction of sp³-hybridized carbons (Fsp3) is 0.333. The van der Waals surface area contributed by atoms with Crippen molar-refractivity contribution in [2.45, 2.75) is 0 Å². The average molecular weight is 79.1 g/mol. The van der Waals surface area contributed by atoms with Gasteiger partial charge in [0.25, 0.3) is 0 Å². The number of nitrogens with two attached hydrogens (primary N) is 1. The van der Waals surface area contributed by atoms with Crippen LogP contribution in [-0.4, -0.2) is 36.1 Å². The van der Waals surface area contributed by atoms with Crippen LogP contribution in [0.1, 0.15) is 0 Å². The van der Waals surface area contributed by atoms with Gasteiger partial charge in [-0.25, -0.2) is 0 Å². The predicted molar refractivity (Wildman–Crippen MR) is 25.0 cm³/mol. The Balaban J connectivity index is 0. The minimum absolute atomic E-state index is 0. The van der Waals surface area contributed by atoms with E-state index >= 15 is 0 Å². The molecule has 0 rings (SSSR count). The zero-order valence-corrected chi connectivity index (χ0v) is 2.36. The average Bonchev–Trinajstić information content (AvgIpc) is 1.37. The molecule has 2 heteroatoms. The van der Waals surface area contributed by atoms with E-state index in [1.54, 1.807) is 0 Å². The van der Waals surface area contributed by atoms with Crippen molar-refractivity contribution >= 4 is 29.6 Å². The molecule has 24 valence electrons. The van der Waals surface area contributed by atoms with Crippen LogP contribution >= 0.6 is 0 Å². The van der Waals surface area contributed by atoms with Gasteiger partial charge in [0.1, 0.15) is 0 Å². The molecule has 0 atom stereocenters. The van der Waals surface area contributed by atoms with Crippen LogP contribution in [0.2, 0.25) is 0 Å². The van der Waals surface area contributed by atoms with Gasteiger partial charge in [0.2, 0.25) is 0 Å². The molecule has 0 fully saturated rings. The zero-order chi connectivity index (χ0) is 3.41. The first-order valence-corrected chi connectivity index (χ1v) is 1.05. The summed E-state index contributed by atoms with van der Waals surface area (Å²) in [5.74, 6) is 2.21. The Labute approximate surface area is 54.2 Å². The van der Waals surface area contributed by atoms with Crippen molar-refractivity contribution in [2.24, 2.45) is 5.73 Å². The second-order valence-electron chi connectivity index (χ2n) is 0.408. The molecule has 0 spiro atoms. The van der Waals surface area contributed by atoms with E-state index in [-0.39, 0.29) is 29.6 Å². The molecule has 0 bridgehead atoms. The molecule has 0 heterocycles. The van der Waals surface area contributed by atoms with Gasteiger partial charge in [-0.2, -0.15) is 0 Å². The van der Waals surface area contributed by atoms with Crippen LogP contribution in [0.25, 0.3) is 0 Å². The van der Waals surface area contributed by atoms with Gasteiger partial charge < -0.3 is 5.73 Å². The fourth-order valence-electron chi connectivity index (χ4n) is 0. The van der Waals surface area contributed by atoms with E-state index in [0.29, 0.717) is 6.54 Å². The third kappa shape index (κ3) is 12.4. The van der Waals surface area contributed by atoms with Gasteiger partial charge in [-0.1, -0.05) is 5.92 Å². The molecule has 0 aromatic rings. The van der Waals surface area contributed by atoms with E-state index in [1.807, 2.05) is 0 Å². The summed E-state index contributed by atoms with van der Waals surface area (Å²) in [7, 11) is 0. The molecule has 0 aliphatic carbocycles. The predicted octanol–water partition coefficient (Wildman–Crippen LogP) is -1.07. The molecule has 1 nitrogen and oxygen atoms in total. The van der Waals surface area contributed by atoms with Gasteiger partial charge in [0.05, 0.1) is 6.54 Å². The Morgan fingerprint density at radius 2 is 2.00 bits per heavy atom. The molecule has 0 saturated heterocycles. The standard InChI is InChI=1S/C3H5N.Na.H/c1-2-3-4;;/h1H,3-4H2;;. The van der Waals surface area contributed by atoms with E-state index in [0.717, 1.165) is 0 Å². The summed E-state index contributed by atoms with van der Waals surface area (Å²) in [6, 6.07) is 0. The molecule has 0 aromatic heterocycles. The molecule has 5 heavy (non-hydrogen) atoms. The molecular weight excluding hydrogens is 73.0 g/mol. The van der Waals surface area contributed by atoms with E-state index in [9.17, 15) is 0 Å². The van der Waals surface area contributed by atoms with E-state index in [4.69, 9.17) is 5.73 Å². The topological polar surface area (TPSA) is 26.0 Å². The number of rotatable bonds is 0. The number of hydrogen-bond acceptors (Lipinski definition) is 1. The van der Waals surface area contributed by atoms with Crippen LogP contribution in [-0.2, 0) is 0 Å². The van der Waals surface area contributed by atoms with Crippen molar-refractivity contribution in [2.75, 3.05) is 6.54 Å². The van der Waals surface area contributed by atoms with Gasteiger partial charge in [-0.05, 0) is 0 Å². The molecule has 0 unspecified atom stereocenters. The molecular formula is C3H6NNa. The SMILES string of the molecule is C#CCN.[NaH]. The Morgan fingerprint density at radius 1 is 1.80 bits per heavy atom. The van der Waals surface area contributed by atoms with Gasteiger partial charge in [-0.15, -0.1) is 6.42 Å². The molecule has 0 saturated carbocycles. The zero-order valence-electron chi connectivity index (χ0n) is 2.36. The molecule has 0 aliphatic heterocycles. The number of terminal acetylenes is 1. The van der Waals surface area contributed by atoms with Crippen LogP contribution in [0.5, 0.6) is 0 Å². The first-order chi connectivity index (χ1) is 1.91. The summed E-state index contributed by atoms with van der Waals surface area (Å²) in [5, 5.41) is 0. The normalized spacial score (nSPS) is 4.00. The first kappa shape index (κ1) is 9.10. The van der Waals surface area contributed by atoms with Gasteiger partial charge in [-0.3, -0.25) is 0 Å². The van der Waals surface area contributed by atoms with Crippen LogP contribution in [0.4, 0.5) is 0 Å². The second-order valence-corrected chi connectivity index (χ2v) is 0.408. The summed E-state index contributed by atoms with van der Waals surface area (Å²) in [4.78, 5) is 0. The van der Waals surface area contributed by atoms with E-state index < -0.39 is 0 Å². The fourth-order valence-corrected chi connectivity index (χ4v) is 0.